The van der Waals surface area contributed by atoms with Crippen LogP contribution in [0.15, 0.2) is 0 Å². The van der Waals surface area contributed by atoms with E-state index in [0.717, 1.165) is 0 Å². The smallest absolute Gasteiger partial charge is 0.00391 e. The fraction of sp³-hybridized carbons (Fsp3) is 1.00. The van der Waals surface area contributed by atoms with Crippen molar-refractivity contribution in [3.8, 4) is 0 Å². The Morgan fingerprint density at radius 2 is 0.440 bits per heavy atom. The molecule has 0 heteroatoms. The van der Waals surface area contributed by atoms with Crippen molar-refractivity contribution in [2.45, 2.75) is 96.9 Å². The second kappa shape index (κ2) is 2.91. The maximum atomic E-state index is 2.73. The highest BCUT2D eigenvalue weighted by molar-refractivity contribution is 5.65. The molecule has 142 valence electrons. The normalized spacial score (nSPS) is 70.8. The average molecular weight is 343 g/mol. The Hall–Kier alpha value is 0. The summed E-state index contributed by atoms with van der Waals surface area (Å²) in [7, 11) is 0. The first-order chi connectivity index (χ1) is 10.8. The third kappa shape index (κ3) is 0.637. The van der Waals surface area contributed by atoms with E-state index in [0.29, 0.717) is 59.6 Å². The quantitative estimate of drug-likeness (QED) is 0.437. The predicted molar refractivity (Wildman–Crippen MR) is 106 cm³/mol. The number of hydrogen-bond acceptors (Lipinski definition) is 0. The van der Waals surface area contributed by atoms with E-state index < -0.39 is 0 Å². The van der Waals surface area contributed by atoms with Crippen molar-refractivity contribution in [2.24, 2.45) is 59.6 Å². The molecule has 6 fully saturated rings. The lowest BCUT2D eigenvalue weighted by Gasteiger charge is -2.96. The molecule has 0 aliphatic heterocycles. The molecule has 0 aromatic heterocycles. The second-order valence-electron chi connectivity index (χ2n) is 14.0. The standard InChI is InChI=1S/C25H42/c1-15(2)19(9)16(3,4)22(12)21(15,11)23(13)17(5,6)20(10)18(7,8)24(22,14)25(19,20)23/h1-14H3. The predicted octanol–water partition coefficient (Wildman–Crippen LogP) is 7.18. The largest absolute Gasteiger partial charge is 0.0588 e. The maximum absolute atomic E-state index is 2.73. The summed E-state index contributed by atoms with van der Waals surface area (Å²) in [5.74, 6) is 0. The lowest BCUT2D eigenvalue weighted by atomic mass is 9.07. The van der Waals surface area contributed by atoms with Crippen molar-refractivity contribution in [2.75, 3.05) is 0 Å². The van der Waals surface area contributed by atoms with E-state index in [-0.39, 0.29) is 0 Å². The topological polar surface area (TPSA) is 0 Å². The Labute approximate surface area is 156 Å². The minimum absolute atomic E-state index is 0.358. The molecular formula is C25H42. The summed E-state index contributed by atoms with van der Waals surface area (Å²) in [6.45, 7) is 37.5. The zero-order valence-electron chi connectivity index (χ0n) is 19.5. The third-order valence-corrected chi connectivity index (χ3v) is 16.0. The van der Waals surface area contributed by atoms with Crippen LogP contribution in [0.3, 0.4) is 0 Å². The van der Waals surface area contributed by atoms with Gasteiger partial charge < -0.3 is 0 Å². The number of rotatable bonds is 0. The van der Waals surface area contributed by atoms with Crippen LogP contribution < -0.4 is 0 Å². The van der Waals surface area contributed by atoms with Gasteiger partial charge in [-0.1, -0.05) is 96.9 Å². The molecule has 0 aromatic rings. The molecule has 25 heavy (non-hydrogen) atoms. The SMILES string of the molecule is CC1(C)C2(C)C3(C)C(C)(C)C1(C)C14C(C)(C(C)(C)C21C)C(C)(C)C34C. The molecule has 6 saturated carbocycles. The van der Waals surface area contributed by atoms with Gasteiger partial charge in [-0.2, -0.15) is 0 Å². The molecular weight excluding hydrogens is 300 g/mol. The van der Waals surface area contributed by atoms with E-state index in [9.17, 15) is 0 Å². The summed E-state index contributed by atoms with van der Waals surface area (Å²) >= 11 is 0. The first kappa shape index (κ1) is 17.1. The minimum atomic E-state index is 0.358. The van der Waals surface area contributed by atoms with Gasteiger partial charge in [0.25, 0.3) is 0 Å². The highest BCUT2D eigenvalue weighted by atomic mass is 15.2. The lowest BCUT2D eigenvalue weighted by Crippen LogP contribution is -2.92. The maximum Gasteiger partial charge on any atom is -0.00391 e. The van der Waals surface area contributed by atoms with Gasteiger partial charge in [-0.05, 0) is 59.6 Å². The monoisotopic (exact) mass is 342 g/mol. The van der Waals surface area contributed by atoms with Crippen LogP contribution in [0, 0.1) is 59.6 Å². The van der Waals surface area contributed by atoms with Crippen LogP contribution in [0.2, 0.25) is 0 Å². The Morgan fingerprint density at radius 1 is 0.240 bits per heavy atom. The molecule has 6 rings (SSSR count). The van der Waals surface area contributed by atoms with Crippen LogP contribution in [0.1, 0.15) is 96.9 Å². The Balaban J connectivity index is 2.10. The first-order valence-corrected chi connectivity index (χ1v) is 10.8. The molecule has 4 atom stereocenters. The van der Waals surface area contributed by atoms with Gasteiger partial charge in [0.05, 0.1) is 0 Å². The molecule has 1 spiro atoms. The van der Waals surface area contributed by atoms with E-state index in [4.69, 9.17) is 0 Å². The van der Waals surface area contributed by atoms with E-state index in [1.54, 1.807) is 0 Å². The molecule has 0 N–H and O–H groups in total. The molecule has 6 aliphatic carbocycles. The van der Waals surface area contributed by atoms with Gasteiger partial charge in [-0.3, -0.25) is 0 Å². The molecule has 4 bridgehead atoms. The Kier molecular flexibility index (Phi) is 2.00. The van der Waals surface area contributed by atoms with Gasteiger partial charge in [0.15, 0.2) is 0 Å². The minimum Gasteiger partial charge on any atom is -0.0588 e. The van der Waals surface area contributed by atoms with Crippen LogP contribution >= 0.6 is 0 Å². The third-order valence-electron chi connectivity index (χ3n) is 16.0. The summed E-state index contributed by atoms with van der Waals surface area (Å²) in [4.78, 5) is 0. The molecule has 6 aliphatic rings. The summed E-state index contributed by atoms with van der Waals surface area (Å²) in [5, 5.41) is 0. The molecule has 0 amide bonds. The second-order valence-corrected chi connectivity index (χ2v) is 14.0. The fourth-order valence-corrected chi connectivity index (χ4v) is 14.8. The van der Waals surface area contributed by atoms with Crippen LogP contribution in [-0.2, 0) is 0 Å². The van der Waals surface area contributed by atoms with E-state index in [1.807, 2.05) is 0 Å². The van der Waals surface area contributed by atoms with Crippen molar-refractivity contribution >= 4 is 0 Å². The highest BCUT2D eigenvalue weighted by Crippen LogP contribution is 3.22. The van der Waals surface area contributed by atoms with Crippen molar-refractivity contribution in [3.05, 3.63) is 0 Å². The highest BCUT2D eigenvalue weighted by Gasteiger charge is 3.19. The molecule has 0 nitrogen and oxygen atoms in total. The fourth-order valence-electron chi connectivity index (χ4n) is 14.8. The lowest BCUT2D eigenvalue weighted by molar-refractivity contribution is -0.497. The molecule has 0 radical (unpaired) electrons. The van der Waals surface area contributed by atoms with Gasteiger partial charge in [0.2, 0.25) is 0 Å². The van der Waals surface area contributed by atoms with Crippen molar-refractivity contribution < 1.29 is 0 Å². The Morgan fingerprint density at radius 3 is 0.680 bits per heavy atom. The van der Waals surface area contributed by atoms with Crippen molar-refractivity contribution in [1.29, 1.82) is 0 Å². The van der Waals surface area contributed by atoms with Gasteiger partial charge in [-0.25, -0.2) is 0 Å². The zero-order valence-corrected chi connectivity index (χ0v) is 19.5. The molecule has 0 heterocycles. The Bertz CT molecular complexity index is 722. The van der Waals surface area contributed by atoms with Crippen molar-refractivity contribution in [3.63, 3.8) is 0 Å². The van der Waals surface area contributed by atoms with E-state index in [2.05, 4.69) is 96.9 Å². The van der Waals surface area contributed by atoms with Gasteiger partial charge in [-0.15, -0.1) is 0 Å². The zero-order chi connectivity index (χ0) is 19.5. The van der Waals surface area contributed by atoms with E-state index >= 15 is 0 Å². The van der Waals surface area contributed by atoms with Crippen LogP contribution in [0.5, 0.6) is 0 Å². The van der Waals surface area contributed by atoms with Crippen LogP contribution in [-0.4, -0.2) is 0 Å². The summed E-state index contributed by atoms with van der Waals surface area (Å²) in [5.41, 5.74) is 4.24. The van der Waals surface area contributed by atoms with E-state index in [1.165, 1.54) is 0 Å². The molecule has 4 unspecified atom stereocenters. The molecule has 0 aromatic carbocycles. The average Bonchev–Trinajstić information content (AvgIpc) is 2.73. The summed E-state index contributed by atoms with van der Waals surface area (Å²) < 4.78 is 0. The van der Waals surface area contributed by atoms with Gasteiger partial charge in [0.1, 0.15) is 0 Å². The van der Waals surface area contributed by atoms with Crippen LogP contribution in [0.25, 0.3) is 0 Å². The van der Waals surface area contributed by atoms with Crippen LogP contribution in [0.4, 0.5) is 0 Å². The van der Waals surface area contributed by atoms with Gasteiger partial charge >= 0.3 is 0 Å². The first-order valence-electron chi connectivity index (χ1n) is 10.8. The van der Waals surface area contributed by atoms with Crippen molar-refractivity contribution in [1.82, 2.24) is 0 Å². The summed E-state index contributed by atoms with van der Waals surface area (Å²) in [6.07, 6.45) is 0. The molecule has 0 saturated heterocycles. The number of hydrogen-bond donors (Lipinski definition) is 0. The van der Waals surface area contributed by atoms with Gasteiger partial charge in [0, 0.05) is 0 Å². The summed E-state index contributed by atoms with van der Waals surface area (Å²) in [6, 6.07) is 0.